The van der Waals surface area contributed by atoms with Gasteiger partial charge in [-0.3, -0.25) is 72.1 Å². The van der Waals surface area contributed by atoms with Crippen molar-refractivity contribution in [2.24, 2.45) is 7.05 Å². The number of aliphatic carboxylic acids is 1. The van der Waals surface area contributed by atoms with Crippen LogP contribution in [0.4, 0.5) is 16.4 Å². The van der Waals surface area contributed by atoms with E-state index in [1.807, 2.05) is 121 Å². The number of amides is 13. The van der Waals surface area contributed by atoms with Crippen LogP contribution < -0.4 is 67.9 Å². The van der Waals surface area contributed by atoms with E-state index in [4.69, 9.17) is 33.7 Å². The number of piperidine rings is 2. The number of urea groups is 1. The van der Waals surface area contributed by atoms with E-state index in [1.54, 1.807) is 66.3 Å². The van der Waals surface area contributed by atoms with Gasteiger partial charge >= 0.3 is 12.0 Å². The van der Waals surface area contributed by atoms with Crippen molar-refractivity contribution in [1.29, 1.82) is 0 Å². The topological polar surface area (TPSA) is 476 Å². The number of aromatic amines is 1. The number of nitrogens with one attached hydrogen (secondary N) is 10. The van der Waals surface area contributed by atoms with Gasteiger partial charge in [0.2, 0.25) is 59.1 Å². The van der Waals surface area contributed by atoms with Crippen LogP contribution in [0, 0.1) is 11.8 Å². The molecular weight excluding hydrogens is 1840 g/mol. The molecule has 3 saturated heterocycles. The van der Waals surface area contributed by atoms with Gasteiger partial charge < -0.3 is 96.0 Å². The highest BCUT2D eigenvalue weighted by Gasteiger charge is 2.46. The molecule has 0 radical (unpaired) electrons. The number of carbonyl (C=O) groups is 13. The van der Waals surface area contributed by atoms with Gasteiger partial charge in [0.25, 0.3) is 17.4 Å². The average Bonchev–Trinajstić information content (AvgIpc) is 1.42. The molecule has 3 aromatic heterocycles. The van der Waals surface area contributed by atoms with Crippen LogP contribution in [0.1, 0.15) is 94.0 Å². The van der Waals surface area contributed by atoms with Crippen LogP contribution in [0.3, 0.4) is 0 Å². The van der Waals surface area contributed by atoms with Gasteiger partial charge in [0.05, 0.1) is 119 Å². The number of aromatic nitrogens is 4. The molecule has 734 valence electrons. The van der Waals surface area contributed by atoms with Crippen molar-refractivity contribution in [2.75, 3.05) is 135 Å². The number of rotatable bonds is 46. The number of benzene rings is 6. The predicted molar refractivity (Wildman–Crippen MR) is 520 cm³/mol. The fourth-order valence-electron chi connectivity index (χ4n) is 16.7. The minimum Gasteiger partial charge on any atom is -0.495 e. The van der Waals surface area contributed by atoms with E-state index in [2.05, 4.69) is 81.4 Å². The minimum atomic E-state index is -1.44. The number of nitrogens with zero attached hydrogens (tertiary/aromatic N) is 8. The summed E-state index contributed by atoms with van der Waals surface area (Å²) in [6, 6.07) is 47.1. The number of likely N-dealkylation sites (tertiary alicyclic amines) is 1. The summed E-state index contributed by atoms with van der Waals surface area (Å²) < 4.78 is 32.4. The third kappa shape index (κ3) is 27.0. The lowest BCUT2D eigenvalue weighted by molar-refractivity contribution is -0.141. The zero-order chi connectivity index (χ0) is 98.8. The Morgan fingerprint density at radius 1 is 0.629 bits per heavy atom. The molecule has 38 nitrogen and oxygen atoms in total. The Kier molecular flexibility index (Phi) is 35.2. The lowest BCUT2D eigenvalue weighted by Crippen LogP contribution is -2.56. The van der Waals surface area contributed by atoms with E-state index in [9.17, 15) is 72.2 Å². The maximum absolute atomic E-state index is 14.1. The Hall–Kier alpha value is -14.2. The van der Waals surface area contributed by atoms with Crippen molar-refractivity contribution in [3.8, 4) is 28.7 Å². The highest BCUT2D eigenvalue weighted by Crippen LogP contribution is 2.46. The molecule has 14 rings (SSSR count). The summed E-state index contributed by atoms with van der Waals surface area (Å²) in [5.41, 5.74) is 3.63. The number of fused-ring (bicyclic) bond motifs is 2. The largest absolute Gasteiger partial charge is 0.495 e. The number of hydrogen-bond acceptors (Lipinski definition) is 26. The van der Waals surface area contributed by atoms with Crippen LogP contribution in [0.2, 0.25) is 0 Å². The first-order valence-corrected chi connectivity index (χ1v) is 47.8. The lowest BCUT2D eigenvalue weighted by atomic mass is 9.87. The van der Waals surface area contributed by atoms with Crippen molar-refractivity contribution in [3.63, 3.8) is 0 Å². The number of carboxylic acid groups (broad SMARTS) is 1. The van der Waals surface area contributed by atoms with Gasteiger partial charge in [-0.25, -0.2) is 19.7 Å². The number of carboxylic acids is 1. The summed E-state index contributed by atoms with van der Waals surface area (Å²) in [6.07, 6.45) is 7.29. The molecule has 6 aromatic carbocycles. The molecule has 4 aliphatic heterocycles. The first-order valence-electron chi connectivity index (χ1n) is 46.2. The zero-order valence-corrected chi connectivity index (χ0v) is 79.6. The molecule has 1 aliphatic carbocycles. The van der Waals surface area contributed by atoms with E-state index in [-0.39, 0.29) is 95.4 Å². The SMILES string of the molecule is COc1ccc(C#CCNC2(C)CCN(C3CCN(c4nc([C@@](COCNC(=O)CNC(=O)[C@H](Cc5ccccc5)NC(=O)CNC(=O)CNC(=O)CCOCCOCCN5C(=O)C(Sc6ccccc6)=C(Sc6ccccc6)C5=O)(OC5CC5)c5ccccc5)c5cc(-c6cn(C)c(=O)c7[nH]ccc67)ccc5n4)CC3)CC2)cc1N1CCC(=O)N(CNC(=O)CNC(=O)[C@H](CC(=O)O)NC(C)=O)C1=O. The van der Waals surface area contributed by atoms with Gasteiger partial charge in [0.1, 0.15) is 36.7 Å². The van der Waals surface area contributed by atoms with E-state index < -0.39 is 134 Å². The number of pyridine rings is 1. The molecule has 5 aliphatic rings. The van der Waals surface area contributed by atoms with Crippen LogP contribution in [-0.2, 0) is 95.6 Å². The number of ether oxygens (including phenoxy) is 5. The second-order valence-corrected chi connectivity index (χ2v) is 36.6. The van der Waals surface area contributed by atoms with Crippen LogP contribution in [-0.4, -0.2) is 272 Å². The molecule has 7 heterocycles. The monoisotopic (exact) mass is 1950 g/mol. The molecule has 40 heteroatoms. The Labute approximate surface area is 815 Å². The number of carbonyl (C=O) groups excluding carboxylic acids is 12. The number of H-pyrrole nitrogens is 1. The van der Waals surface area contributed by atoms with E-state index in [1.165, 1.54) is 40.4 Å². The van der Waals surface area contributed by atoms with Gasteiger partial charge in [0, 0.05) is 122 Å². The van der Waals surface area contributed by atoms with Crippen molar-refractivity contribution >= 4 is 134 Å². The summed E-state index contributed by atoms with van der Waals surface area (Å²) in [5.74, 6) is -1.00. The first kappa shape index (κ1) is 102. The molecule has 13 amide bonds. The van der Waals surface area contributed by atoms with Crippen LogP contribution in [0.5, 0.6) is 5.75 Å². The van der Waals surface area contributed by atoms with Crippen LogP contribution in [0.25, 0.3) is 32.9 Å². The minimum absolute atomic E-state index is 0.00971. The van der Waals surface area contributed by atoms with Crippen molar-refractivity contribution in [1.82, 2.24) is 82.1 Å². The Morgan fingerprint density at radius 2 is 1.25 bits per heavy atom. The van der Waals surface area contributed by atoms with Crippen LogP contribution in [0.15, 0.2) is 201 Å². The van der Waals surface area contributed by atoms with Gasteiger partial charge in [0.15, 0.2) is 5.60 Å². The fourth-order valence-corrected chi connectivity index (χ4v) is 18.8. The molecule has 4 fully saturated rings. The quantitative estimate of drug-likeness (QED) is 0.00977. The molecule has 0 spiro atoms. The van der Waals surface area contributed by atoms with E-state index >= 15 is 0 Å². The van der Waals surface area contributed by atoms with E-state index in [0.29, 0.717) is 80.1 Å². The number of anilines is 2. The highest BCUT2D eigenvalue weighted by molar-refractivity contribution is 8.08. The molecule has 0 bridgehead atoms. The lowest BCUT2D eigenvalue weighted by Gasteiger charge is -2.45. The predicted octanol–water partition coefficient (Wildman–Crippen LogP) is 5.46. The van der Waals surface area contributed by atoms with E-state index in [0.717, 1.165) is 95.3 Å². The molecule has 9 aromatic rings. The maximum Gasteiger partial charge on any atom is 0.332 e. The molecular formula is C100H112N18O20S2. The number of imide groups is 2. The van der Waals surface area contributed by atoms with Crippen LogP contribution >= 0.6 is 23.5 Å². The van der Waals surface area contributed by atoms with Gasteiger partial charge in [-0.05, 0) is 123 Å². The summed E-state index contributed by atoms with van der Waals surface area (Å²) in [5, 5.41) is 34.3. The van der Waals surface area contributed by atoms with Gasteiger partial charge in [-0.2, -0.15) is 0 Å². The summed E-state index contributed by atoms with van der Waals surface area (Å²) in [4.78, 5) is 208. The van der Waals surface area contributed by atoms with Crippen molar-refractivity contribution in [2.45, 2.75) is 123 Å². The fraction of sp³-hybridized carbons (Fsp3) is 0.380. The second kappa shape index (κ2) is 48.4. The summed E-state index contributed by atoms with van der Waals surface area (Å²) in [6.45, 7) is 3.67. The molecule has 1 saturated carbocycles. The smallest absolute Gasteiger partial charge is 0.332 e. The average molecular weight is 1950 g/mol. The second-order valence-electron chi connectivity index (χ2n) is 34.4. The molecule has 140 heavy (non-hydrogen) atoms. The summed E-state index contributed by atoms with van der Waals surface area (Å²) in [7, 11) is 3.16. The molecule has 11 N–H and O–H groups in total. The van der Waals surface area contributed by atoms with Gasteiger partial charge in [-0.15, -0.1) is 0 Å². The first-order chi connectivity index (χ1) is 67.7. The Morgan fingerprint density at radius 3 is 1.91 bits per heavy atom. The highest BCUT2D eigenvalue weighted by atomic mass is 32.2. The zero-order valence-electron chi connectivity index (χ0n) is 77.9. The number of methoxy groups -OCH3 is 1. The van der Waals surface area contributed by atoms with Crippen molar-refractivity contribution in [3.05, 3.63) is 219 Å². The summed E-state index contributed by atoms with van der Waals surface area (Å²) >= 11 is 2.48. The number of thioether (sulfide) groups is 2. The molecule has 3 atom stereocenters. The standard InChI is InChI=1S/C100H112N18O20S2/c1-64(119)109-78(55-87(126)127)93(129)104-57-83(122)106-62-118-86(125)36-44-116(98(118)133)79-53-66(27-32-80(79)134-4)20-17-40-108-99(2)38-45-114(46-39-99)69-34-42-115(43-35-69)97-111-76-31-28-67(75-60-113(3)94(130)88-73(75)33-41-101-88)54-74(76)91(112-97)100(138-70-29-30-70,68-21-11-6-12-22-68)61-137-63-107-84(123)58-105-92(128)77(52-65-18-9-5-10-19-65)110-85(124)59-103-82(121)56-102-81(120)37-48-135-50-51-136-49-47-117-95(131)89(139-71-23-13-7-14-24-71)90(96(117)132)140-72-25-15-8-16-26-72/h5-16,18-19,21-28,31-33,41,53-54,60,69-70,77-78,101,108H,29-30,34-40,42-52,55-59,61-63H2,1-4H3,(H,102,120)(H,103,121)(H,104,129)(H,105,128)(H,106,122)(H,107,123)(H,109,119)(H,110,124)(H,126,127)/t77-,78-,100-/m0/s1. The van der Waals surface area contributed by atoms with Gasteiger partial charge in [-0.1, -0.05) is 138 Å². The number of aryl methyl sites for hydroxylation is 1. The van der Waals surface area contributed by atoms with Crippen molar-refractivity contribution < 1.29 is 91.1 Å². The molecule has 0 unspecified atom stereocenters. The maximum atomic E-state index is 14.1. The Bertz CT molecular complexity index is 6120. The third-order valence-corrected chi connectivity index (χ3v) is 26.7. The third-order valence-electron chi connectivity index (χ3n) is 24.4. The Balaban J connectivity index is 0.560. The number of hydrogen-bond donors (Lipinski definition) is 11. The normalized spacial score (nSPS) is 15.9.